The predicted octanol–water partition coefficient (Wildman–Crippen LogP) is 3.27. The number of methoxy groups -OCH3 is 3. The molecule has 34 heavy (non-hydrogen) atoms. The van der Waals surface area contributed by atoms with Crippen LogP contribution < -0.4 is 19.5 Å². The van der Waals surface area contributed by atoms with Gasteiger partial charge in [-0.25, -0.2) is 0 Å². The van der Waals surface area contributed by atoms with Crippen LogP contribution in [0.15, 0.2) is 59.8 Å². The number of nitrogens with zero attached hydrogens (tertiary/aromatic N) is 4. The van der Waals surface area contributed by atoms with Crippen molar-refractivity contribution in [3.63, 3.8) is 0 Å². The van der Waals surface area contributed by atoms with Crippen LogP contribution in [0.5, 0.6) is 17.2 Å². The van der Waals surface area contributed by atoms with E-state index in [0.29, 0.717) is 35.3 Å². The second-order valence-corrected chi connectivity index (χ2v) is 8.18. The van der Waals surface area contributed by atoms with Crippen molar-refractivity contribution in [1.29, 1.82) is 0 Å². The zero-order chi connectivity index (χ0) is 23.9. The fraction of sp³-hybridized carbons (Fsp3) is 0.250. The average Bonchev–Trinajstić information content (AvgIpc) is 3.29. The molecular formula is C24H25N5O4S. The molecule has 0 radical (unpaired) electrons. The molecule has 0 saturated heterocycles. The van der Waals surface area contributed by atoms with Crippen LogP contribution in [0, 0.1) is 0 Å². The minimum atomic E-state index is -0.0901. The van der Waals surface area contributed by atoms with Gasteiger partial charge in [0.05, 0.1) is 32.8 Å². The highest BCUT2D eigenvalue weighted by atomic mass is 32.2. The molecule has 0 bridgehead atoms. The van der Waals surface area contributed by atoms with E-state index in [-0.39, 0.29) is 11.7 Å². The van der Waals surface area contributed by atoms with Crippen molar-refractivity contribution in [3.05, 3.63) is 60.2 Å². The van der Waals surface area contributed by atoms with Crippen LogP contribution in [0.2, 0.25) is 0 Å². The van der Waals surface area contributed by atoms with Gasteiger partial charge in [0, 0.05) is 12.1 Å². The van der Waals surface area contributed by atoms with Crippen molar-refractivity contribution in [3.8, 4) is 28.5 Å². The smallest absolute Gasteiger partial charge is 0.230 e. The Hall–Kier alpha value is -3.79. The highest BCUT2D eigenvalue weighted by molar-refractivity contribution is 7.99. The molecule has 0 fully saturated rings. The van der Waals surface area contributed by atoms with Gasteiger partial charge >= 0.3 is 0 Å². The number of nitrogens with one attached hydrogen (secondary N) is 1. The Kier molecular flexibility index (Phi) is 7.48. The van der Waals surface area contributed by atoms with E-state index < -0.39 is 0 Å². The molecule has 0 aliphatic rings. The summed E-state index contributed by atoms with van der Waals surface area (Å²) >= 11 is 1.28. The SMILES string of the molecule is COc1ccccc1CCNC(=O)CSc1nnc2ccc(-c3ccc(OC)c(OC)c3)nn12. The molecule has 0 saturated carbocycles. The average molecular weight is 480 g/mol. The Morgan fingerprint density at radius 1 is 0.941 bits per heavy atom. The molecule has 0 spiro atoms. The maximum absolute atomic E-state index is 12.4. The van der Waals surface area contributed by atoms with Crippen LogP contribution in [0.3, 0.4) is 0 Å². The molecular weight excluding hydrogens is 454 g/mol. The molecule has 2 aromatic carbocycles. The van der Waals surface area contributed by atoms with E-state index in [1.54, 1.807) is 25.8 Å². The zero-order valence-corrected chi connectivity index (χ0v) is 20.0. The molecule has 9 nitrogen and oxygen atoms in total. The molecule has 176 valence electrons. The van der Waals surface area contributed by atoms with E-state index in [9.17, 15) is 4.79 Å². The van der Waals surface area contributed by atoms with Crippen molar-refractivity contribution < 1.29 is 19.0 Å². The Morgan fingerprint density at radius 3 is 2.53 bits per heavy atom. The van der Waals surface area contributed by atoms with Gasteiger partial charge in [-0.05, 0) is 48.4 Å². The number of ether oxygens (including phenoxy) is 3. The zero-order valence-electron chi connectivity index (χ0n) is 19.1. The summed E-state index contributed by atoms with van der Waals surface area (Å²) in [6.45, 7) is 0.516. The number of aromatic nitrogens is 4. The van der Waals surface area contributed by atoms with Crippen LogP contribution in [-0.2, 0) is 11.2 Å². The largest absolute Gasteiger partial charge is 0.496 e. The minimum Gasteiger partial charge on any atom is -0.496 e. The van der Waals surface area contributed by atoms with Gasteiger partial charge in [-0.2, -0.15) is 9.61 Å². The second-order valence-electron chi connectivity index (χ2n) is 7.24. The number of carbonyl (C=O) groups is 1. The summed E-state index contributed by atoms with van der Waals surface area (Å²) in [5.41, 5.74) is 3.23. The number of thioether (sulfide) groups is 1. The van der Waals surface area contributed by atoms with E-state index in [1.165, 1.54) is 11.8 Å². The molecule has 0 aliphatic heterocycles. The molecule has 4 rings (SSSR count). The van der Waals surface area contributed by atoms with Crippen molar-refractivity contribution >= 4 is 23.3 Å². The molecule has 0 atom stereocenters. The van der Waals surface area contributed by atoms with Crippen molar-refractivity contribution in [2.24, 2.45) is 0 Å². The first-order chi connectivity index (χ1) is 16.6. The predicted molar refractivity (Wildman–Crippen MR) is 130 cm³/mol. The summed E-state index contributed by atoms with van der Waals surface area (Å²) in [6, 6.07) is 17.1. The van der Waals surface area contributed by atoms with Gasteiger partial charge in [-0.1, -0.05) is 30.0 Å². The lowest BCUT2D eigenvalue weighted by atomic mass is 10.1. The maximum Gasteiger partial charge on any atom is 0.230 e. The Balaban J connectivity index is 1.40. The van der Waals surface area contributed by atoms with Crippen LogP contribution in [0.4, 0.5) is 0 Å². The van der Waals surface area contributed by atoms with Crippen molar-refractivity contribution in [2.75, 3.05) is 33.6 Å². The van der Waals surface area contributed by atoms with Gasteiger partial charge in [0.1, 0.15) is 5.75 Å². The third-order valence-electron chi connectivity index (χ3n) is 5.15. The summed E-state index contributed by atoms with van der Waals surface area (Å²) in [7, 11) is 4.83. The number of rotatable bonds is 10. The number of amides is 1. The number of hydrogen-bond donors (Lipinski definition) is 1. The monoisotopic (exact) mass is 479 g/mol. The molecule has 10 heteroatoms. The summed E-state index contributed by atoms with van der Waals surface area (Å²) in [5.74, 6) is 2.19. The fourth-order valence-corrected chi connectivity index (χ4v) is 4.15. The van der Waals surface area contributed by atoms with Gasteiger partial charge < -0.3 is 19.5 Å². The van der Waals surface area contributed by atoms with Crippen LogP contribution in [0.1, 0.15) is 5.56 Å². The number of fused-ring (bicyclic) bond motifs is 1. The van der Waals surface area contributed by atoms with E-state index >= 15 is 0 Å². The Morgan fingerprint density at radius 2 is 1.74 bits per heavy atom. The van der Waals surface area contributed by atoms with E-state index in [4.69, 9.17) is 14.2 Å². The molecule has 0 aliphatic carbocycles. The number of carbonyl (C=O) groups excluding carboxylic acids is 1. The third kappa shape index (κ3) is 5.23. The number of benzene rings is 2. The van der Waals surface area contributed by atoms with E-state index in [2.05, 4.69) is 20.6 Å². The molecule has 4 aromatic rings. The summed E-state index contributed by atoms with van der Waals surface area (Å²) in [4.78, 5) is 12.4. The van der Waals surface area contributed by atoms with Crippen LogP contribution in [0.25, 0.3) is 16.9 Å². The first kappa shape index (κ1) is 23.4. The van der Waals surface area contributed by atoms with Crippen LogP contribution >= 0.6 is 11.8 Å². The van der Waals surface area contributed by atoms with Crippen LogP contribution in [-0.4, -0.2) is 59.3 Å². The number of hydrogen-bond acceptors (Lipinski definition) is 8. The molecule has 2 heterocycles. The molecule has 2 aromatic heterocycles. The quantitative estimate of drug-likeness (QED) is 0.346. The molecule has 1 N–H and O–H groups in total. The van der Waals surface area contributed by atoms with E-state index in [1.807, 2.05) is 54.6 Å². The Labute approximate surface area is 201 Å². The lowest BCUT2D eigenvalue weighted by molar-refractivity contribution is -0.118. The minimum absolute atomic E-state index is 0.0901. The lowest BCUT2D eigenvalue weighted by Crippen LogP contribution is -2.27. The fourth-order valence-electron chi connectivity index (χ4n) is 3.44. The summed E-state index contributed by atoms with van der Waals surface area (Å²) in [6.07, 6.45) is 0.685. The molecule has 0 unspecified atom stereocenters. The van der Waals surface area contributed by atoms with Crippen molar-refractivity contribution in [2.45, 2.75) is 11.6 Å². The standard InChI is InChI=1S/C24H25N5O4S/c1-31-19-7-5-4-6-16(19)12-13-25-23(30)15-34-24-27-26-22-11-9-18(28-29(22)24)17-8-10-20(32-2)21(14-17)33-3/h4-11,14H,12-13,15H2,1-3H3,(H,25,30). The van der Waals surface area contributed by atoms with Gasteiger partial charge in [-0.3, -0.25) is 4.79 Å². The third-order valence-corrected chi connectivity index (χ3v) is 6.07. The van der Waals surface area contributed by atoms with Gasteiger partial charge in [0.25, 0.3) is 0 Å². The molecule has 1 amide bonds. The van der Waals surface area contributed by atoms with Gasteiger partial charge in [0.15, 0.2) is 17.1 Å². The highest BCUT2D eigenvalue weighted by Crippen LogP contribution is 2.31. The maximum atomic E-state index is 12.4. The summed E-state index contributed by atoms with van der Waals surface area (Å²) in [5, 5.41) is 16.5. The van der Waals surface area contributed by atoms with Crippen molar-refractivity contribution in [1.82, 2.24) is 25.1 Å². The van der Waals surface area contributed by atoms with Gasteiger partial charge in [-0.15, -0.1) is 10.2 Å². The first-order valence-corrected chi connectivity index (χ1v) is 11.6. The second kappa shape index (κ2) is 10.9. The first-order valence-electron chi connectivity index (χ1n) is 10.6. The number of para-hydroxylation sites is 1. The summed E-state index contributed by atoms with van der Waals surface area (Å²) < 4.78 is 17.7. The topological polar surface area (TPSA) is 99.9 Å². The van der Waals surface area contributed by atoms with Gasteiger partial charge in [0.2, 0.25) is 11.1 Å². The normalized spacial score (nSPS) is 10.8. The highest BCUT2D eigenvalue weighted by Gasteiger charge is 2.13. The van der Waals surface area contributed by atoms with E-state index in [0.717, 1.165) is 22.6 Å². The Bertz CT molecular complexity index is 1290. The lowest BCUT2D eigenvalue weighted by Gasteiger charge is -2.10.